The Bertz CT molecular complexity index is 524. The number of aliphatic hydroxyl groups is 1. The van der Waals surface area contributed by atoms with Crippen LogP contribution in [-0.2, 0) is 10.2 Å². The maximum absolute atomic E-state index is 12.8. The fourth-order valence-corrected chi connectivity index (χ4v) is 3.10. The maximum atomic E-state index is 12.8. The Morgan fingerprint density at radius 3 is 2.26 bits per heavy atom. The Balaban J connectivity index is 1.99. The van der Waals surface area contributed by atoms with Crippen LogP contribution in [0.25, 0.3) is 0 Å². The average molecular weight is 288 g/mol. The van der Waals surface area contributed by atoms with Gasteiger partial charge in [-0.2, -0.15) is 12.7 Å². The summed E-state index contributed by atoms with van der Waals surface area (Å²) in [6.07, 6.45) is 0.368. The van der Waals surface area contributed by atoms with Crippen molar-refractivity contribution in [1.82, 2.24) is 4.31 Å². The van der Waals surface area contributed by atoms with E-state index in [-0.39, 0.29) is 11.7 Å². The Labute approximate surface area is 112 Å². The van der Waals surface area contributed by atoms with Crippen LogP contribution in [0, 0.1) is 11.7 Å². The van der Waals surface area contributed by atoms with Gasteiger partial charge in [-0.05, 0) is 36.5 Å². The van der Waals surface area contributed by atoms with Gasteiger partial charge in [-0.15, -0.1) is 0 Å². The first-order valence-electron chi connectivity index (χ1n) is 6.09. The highest BCUT2D eigenvalue weighted by atomic mass is 32.2. The van der Waals surface area contributed by atoms with Crippen LogP contribution in [0.15, 0.2) is 24.3 Å². The second-order valence-corrected chi connectivity index (χ2v) is 6.32. The molecule has 1 aromatic carbocycles. The number of nitrogens with two attached hydrogens (primary N) is 1. The summed E-state index contributed by atoms with van der Waals surface area (Å²) >= 11 is 0. The van der Waals surface area contributed by atoms with Crippen LogP contribution < -0.4 is 5.14 Å². The molecule has 1 heterocycles. The third-order valence-corrected chi connectivity index (χ3v) is 4.60. The molecule has 7 heteroatoms. The van der Waals surface area contributed by atoms with Crippen LogP contribution in [0.5, 0.6) is 0 Å². The van der Waals surface area contributed by atoms with Gasteiger partial charge in [0.15, 0.2) is 0 Å². The number of aliphatic hydroxyl groups excluding tert-OH is 1. The molecule has 1 atom stereocenters. The summed E-state index contributed by atoms with van der Waals surface area (Å²) in [5.41, 5.74) is 0.649. The third kappa shape index (κ3) is 3.50. The molecule has 106 valence electrons. The van der Waals surface area contributed by atoms with Crippen LogP contribution in [0.2, 0.25) is 0 Å². The van der Waals surface area contributed by atoms with E-state index in [2.05, 4.69) is 0 Å². The van der Waals surface area contributed by atoms with Crippen LogP contribution in [-0.4, -0.2) is 30.9 Å². The monoisotopic (exact) mass is 288 g/mol. The van der Waals surface area contributed by atoms with E-state index in [1.165, 1.54) is 16.4 Å². The minimum atomic E-state index is -3.64. The molecule has 0 bridgehead atoms. The van der Waals surface area contributed by atoms with E-state index in [0.717, 1.165) is 0 Å². The molecule has 1 aromatic rings. The van der Waals surface area contributed by atoms with Gasteiger partial charge in [-0.1, -0.05) is 12.1 Å². The number of rotatable bonds is 3. The number of halogens is 1. The summed E-state index contributed by atoms with van der Waals surface area (Å²) in [4.78, 5) is 0. The molecule has 1 fully saturated rings. The lowest BCUT2D eigenvalue weighted by Gasteiger charge is -2.32. The van der Waals surface area contributed by atoms with E-state index >= 15 is 0 Å². The zero-order chi connectivity index (χ0) is 14.0. The van der Waals surface area contributed by atoms with E-state index in [4.69, 9.17) is 5.14 Å². The van der Waals surface area contributed by atoms with Crippen molar-refractivity contribution >= 4 is 10.2 Å². The van der Waals surface area contributed by atoms with Crippen molar-refractivity contribution in [1.29, 1.82) is 0 Å². The summed E-state index contributed by atoms with van der Waals surface area (Å²) < 4.78 is 36.4. The number of hydrogen-bond acceptors (Lipinski definition) is 3. The molecule has 5 nitrogen and oxygen atoms in total. The molecule has 0 radical (unpaired) electrons. The summed E-state index contributed by atoms with van der Waals surface area (Å²) in [6.45, 7) is 0.615. The van der Waals surface area contributed by atoms with Gasteiger partial charge in [-0.25, -0.2) is 9.53 Å². The van der Waals surface area contributed by atoms with Crippen molar-refractivity contribution in [2.75, 3.05) is 13.1 Å². The molecule has 0 spiro atoms. The third-order valence-electron chi connectivity index (χ3n) is 3.52. The topological polar surface area (TPSA) is 83.6 Å². The van der Waals surface area contributed by atoms with E-state index in [9.17, 15) is 17.9 Å². The molecular formula is C12H17FN2O3S. The first-order chi connectivity index (χ1) is 8.88. The van der Waals surface area contributed by atoms with Crippen molar-refractivity contribution < 1.29 is 17.9 Å². The Morgan fingerprint density at radius 1 is 1.26 bits per heavy atom. The normalized spacial score (nSPS) is 20.4. The molecule has 1 unspecified atom stereocenters. The zero-order valence-corrected chi connectivity index (χ0v) is 11.2. The maximum Gasteiger partial charge on any atom is 0.276 e. The largest absolute Gasteiger partial charge is 0.388 e. The van der Waals surface area contributed by atoms with E-state index in [0.29, 0.717) is 31.5 Å². The van der Waals surface area contributed by atoms with Gasteiger partial charge in [0.25, 0.3) is 10.2 Å². The second kappa shape index (κ2) is 5.54. The van der Waals surface area contributed by atoms with Crippen LogP contribution >= 0.6 is 0 Å². The minimum absolute atomic E-state index is 0.0385. The minimum Gasteiger partial charge on any atom is -0.388 e. The quantitative estimate of drug-likeness (QED) is 0.862. The van der Waals surface area contributed by atoms with Gasteiger partial charge in [0.05, 0.1) is 6.10 Å². The van der Waals surface area contributed by atoms with E-state index in [1.807, 2.05) is 0 Å². The number of hydrogen-bond donors (Lipinski definition) is 2. The number of piperidine rings is 1. The van der Waals surface area contributed by atoms with Gasteiger partial charge in [0, 0.05) is 13.1 Å². The second-order valence-electron chi connectivity index (χ2n) is 4.78. The molecule has 0 saturated carbocycles. The molecule has 0 aliphatic carbocycles. The first-order valence-corrected chi connectivity index (χ1v) is 7.59. The molecule has 1 aliphatic heterocycles. The Morgan fingerprint density at radius 2 is 1.79 bits per heavy atom. The highest BCUT2D eigenvalue weighted by Crippen LogP contribution is 2.31. The summed E-state index contributed by atoms with van der Waals surface area (Å²) in [5, 5.41) is 15.3. The van der Waals surface area contributed by atoms with Crippen LogP contribution in [0.1, 0.15) is 24.5 Å². The summed E-state index contributed by atoms with van der Waals surface area (Å²) in [5.74, 6) is -0.386. The Hall–Kier alpha value is -1.02. The molecule has 1 saturated heterocycles. The summed E-state index contributed by atoms with van der Waals surface area (Å²) in [6, 6.07) is 5.70. The highest BCUT2D eigenvalue weighted by Gasteiger charge is 2.29. The average Bonchev–Trinajstić information content (AvgIpc) is 2.38. The zero-order valence-electron chi connectivity index (χ0n) is 10.4. The van der Waals surface area contributed by atoms with Crippen molar-refractivity contribution in [2.45, 2.75) is 18.9 Å². The van der Waals surface area contributed by atoms with Crippen LogP contribution in [0.4, 0.5) is 4.39 Å². The molecule has 0 aromatic heterocycles. The fraction of sp³-hybridized carbons (Fsp3) is 0.500. The lowest BCUT2D eigenvalue weighted by molar-refractivity contribution is 0.0760. The lowest BCUT2D eigenvalue weighted by atomic mass is 9.88. The number of benzene rings is 1. The summed E-state index contributed by atoms with van der Waals surface area (Å²) in [7, 11) is -3.64. The van der Waals surface area contributed by atoms with Crippen molar-refractivity contribution in [3.63, 3.8) is 0 Å². The van der Waals surface area contributed by atoms with Crippen molar-refractivity contribution in [3.8, 4) is 0 Å². The molecule has 1 aliphatic rings. The standard InChI is InChI=1S/C12H17FN2O3S/c13-11-3-1-9(2-4-11)12(16)10-5-7-15(8-6-10)19(14,17)18/h1-4,10,12,16H,5-8H2,(H2,14,17,18). The molecule has 3 N–H and O–H groups in total. The SMILES string of the molecule is NS(=O)(=O)N1CCC(C(O)c2ccc(F)cc2)CC1. The molecule has 0 amide bonds. The van der Waals surface area contributed by atoms with Gasteiger partial charge in [-0.3, -0.25) is 0 Å². The van der Waals surface area contributed by atoms with Gasteiger partial charge < -0.3 is 5.11 Å². The highest BCUT2D eigenvalue weighted by molar-refractivity contribution is 7.86. The van der Waals surface area contributed by atoms with Gasteiger partial charge in [0.1, 0.15) is 5.82 Å². The fourth-order valence-electron chi connectivity index (χ4n) is 2.38. The van der Waals surface area contributed by atoms with E-state index < -0.39 is 16.3 Å². The molecule has 2 rings (SSSR count). The molecule has 19 heavy (non-hydrogen) atoms. The number of nitrogens with zero attached hydrogens (tertiary/aromatic N) is 1. The van der Waals surface area contributed by atoms with E-state index in [1.54, 1.807) is 12.1 Å². The first kappa shape index (κ1) is 14.4. The molecular weight excluding hydrogens is 271 g/mol. The smallest absolute Gasteiger partial charge is 0.276 e. The Kier molecular flexibility index (Phi) is 4.19. The predicted molar refractivity (Wildman–Crippen MR) is 68.8 cm³/mol. The van der Waals surface area contributed by atoms with Gasteiger partial charge >= 0.3 is 0 Å². The predicted octanol–water partition coefficient (Wildman–Crippen LogP) is 0.775. The lowest BCUT2D eigenvalue weighted by Crippen LogP contribution is -2.43. The van der Waals surface area contributed by atoms with Crippen molar-refractivity contribution in [2.24, 2.45) is 11.1 Å². The van der Waals surface area contributed by atoms with Crippen LogP contribution in [0.3, 0.4) is 0 Å². The van der Waals surface area contributed by atoms with Gasteiger partial charge in [0.2, 0.25) is 0 Å². The van der Waals surface area contributed by atoms with Crippen molar-refractivity contribution in [3.05, 3.63) is 35.6 Å².